The van der Waals surface area contributed by atoms with Crippen LogP contribution in [-0.4, -0.2) is 26.0 Å². The number of amides is 1. The largest absolute Gasteiger partial charge is 0.325 e. The topological polar surface area (TPSA) is 46.2 Å². The van der Waals surface area contributed by atoms with Crippen LogP contribution in [0, 0.1) is 17.6 Å². The van der Waals surface area contributed by atoms with Crippen LogP contribution in [0.5, 0.6) is 0 Å². The van der Waals surface area contributed by atoms with Gasteiger partial charge in [-0.05, 0) is 18.6 Å². The van der Waals surface area contributed by atoms with Crippen molar-refractivity contribution < 1.29 is 17.8 Å². The summed E-state index contributed by atoms with van der Waals surface area (Å²) in [4.78, 5) is 11.6. The van der Waals surface area contributed by atoms with Gasteiger partial charge in [0.25, 0.3) is 0 Å². The molecule has 0 spiro atoms. The van der Waals surface area contributed by atoms with Crippen LogP contribution < -0.4 is 5.32 Å². The van der Waals surface area contributed by atoms with Gasteiger partial charge < -0.3 is 5.32 Å². The Bertz CT molecular complexity index is 548. The first-order chi connectivity index (χ1) is 9.26. The van der Waals surface area contributed by atoms with Crippen LogP contribution in [0.1, 0.15) is 6.42 Å². The number of hydrogen-bond donors (Lipinski definition) is 1. The molecule has 2 rings (SSSR count). The van der Waals surface area contributed by atoms with Gasteiger partial charge in [0.1, 0.15) is 21.7 Å². The molecule has 0 radical (unpaired) electrons. The number of carbonyl (C=O) groups is 1. The summed E-state index contributed by atoms with van der Waals surface area (Å²) in [5.74, 6) is -2.28. The third-order valence-corrected chi connectivity index (χ3v) is 5.07. The lowest BCUT2D eigenvalue weighted by Crippen LogP contribution is -2.22. The highest BCUT2D eigenvalue weighted by atomic mass is 35.5. The van der Waals surface area contributed by atoms with Gasteiger partial charge in [0.05, 0.1) is 0 Å². The van der Waals surface area contributed by atoms with Crippen molar-refractivity contribution in [3.63, 3.8) is 0 Å². The van der Waals surface area contributed by atoms with E-state index in [1.807, 2.05) is 0 Å². The number of nitrogens with one attached hydrogen (secondary N) is 1. The molecule has 20 heavy (non-hydrogen) atoms. The Morgan fingerprint density at radius 3 is 2.40 bits per heavy atom. The second-order valence-electron chi connectivity index (χ2n) is 4.62. The molecule has 2 unspecified atom stereocenters. The monoisotopic (exact) mass is 341 g/mol. The molecule has 0 aliphatic heterocycles. The Morgan fingerprint density at radius 1 is 1.35 bits per heavy atom. The smallest absolute Gasteiger partial charge is 0.236 e. The lowest BCUT2D eigenvalue weighted by molar-refractivity contribution is -0.113. The normalized spacial score (nSPS) is 21.3. The second-order valence-corrected chi connectivity index (χ2v) is 7.66. The molecule has 0 saturated heterocycles. The van der Waals surface area contributed by atoms with Gasteiger partial charge in [0.2, 0.25) is 5.91 Å². The lowest BCUT2D eigenvalue weighted by atomic mass is 10.3. The summed E-state index contributed by atoms with van der Waals surface area (Å²) in [5.41, 5.74) is -0.0139. The standard InChI is InChI=1S/C12H11Cl2F2NO2S/c13-12(14)4-7(12)5-20(19)6-11(18)17-10-2-8(15)1-9(16)3-10/h1-3,7H,4-6H2,(H,17,18). The minimum Gasteiger partial charge on any atom is -0.325 e. The van der Waals surface area contributed by atoms with Crippen LogP contribution in [0.25, 0.3) is 0 Å². The van der Waals surface area contributed by atoms with Crippen molar-refractivity contribution in [1.82, 2.24) is 0 Å². The minimum absolute atomic E-state index is 0.0139. The molecular formula is C12H11Cl2F2NO2S. The Balaban J connectivity index is 1.84. The average Bonchev–Trinajstić information content (AvgIpc) is 2.82. The first-order valence-electron chi connectivity index (χ1n) is 5.75. The van der Waals surface area contributed by atoms with E-state index in [4.69, 9.17) is 23.2 Å². The molecule has 1 aromatic carbocycles. The number of alkyl halides is 2. The van der Waals surface area contributed by atoms with Gasteiger partial charge >= 0.3 is 0 Å². The summed E-state index contributed by atoms with van der Waals surface area (Å²) in [7, 11) is -1.42. The van der Waals surface area contributed by atoms with Crippen molar-refractivity contribution >= 4 is 45.6 Å². The molecule has 0 bridgehead atoms. The summed E-state index contributed by atoms with van der Waals surface area (Å²) >= 11 is 11.6. The van der Waals surface area contributed by atoms with E-state index in [0.29, 0.717) is 12.5 Å². The predicted molar refractivity (Wildman–Crippen MR) is 75.4 cm³/mol. The van der Waals surface area contributed by atoms with Crippen molar-refractivity contribution in [1.29, 1.82) is 0 Å². The quantitative estimate of drug-likeness (QED) is 0.837. The number of benzene rings is 1. The molecule has 0 heterocycles. The number of halogens is 4. The third kappa shape index (κ3) is 4.40. The van der Waals surface area contributed by atoms with Gasteiger partial charge in [-0.1, -0.05) is 0 Å². The van der Waals surface area contributed by atoms with Gasteiger partial charge in [0.15, 0.2) is 0 Å². The number of carbonyl (C=O) groups excluding carboxylic acids is 1. The molecule has 1 aromatic rings. The predicted octanol–water partition coefficient (Wildman–Crippen LogP) is 2.85. The fourth-order valence-corrected chi connectivity index (χ4v) is 3.75. The van der Waals surface area contributed by atoms with Crippen LogP contribution >= 0.6 is 23.2 Å². The van der Waals surface area contributed by atoms with Crippen LogP contribution in [0.4, 0.5) is 14.5 Å². The van der Waals surface area contributed by atoms with E-state index >= 15 is 0 Å². The second kappa shape index (κ2) is 5.95. The van der Waals surface area contributed by atoms with Crippen LogP contribution in [-0.2, 0) is 15.6 Å². The maximum Gasteiger partial charge on any atom is 0.236 e. The van der Waals surface area contributed by atoms with Crippen LogP contribution in [0.3, 0.4) is 0 Å². The van der Waals surface area contributed by atoms with E-state index in [2.05, 4.69) is 5.32 Å². The fourth-order valence-electron chi connectivity index (χ4n) is 1.70. The average molecular weight is 342 g/mol. The number of rotatable bonds is 5. The van der Waals surface area contributed by atoms with E-state index in [-0.39, 0.29) is 23.1 Å². The van der Waals surface area contributed by atoms with Gasteiger partial charge in [-0.2, -0.15) is 0 Å². The van der Waals surface area contributed by atoms with Crippen LogP contribution in [0.2, 0.25) is 0 Å². The first-order valence-corrected chi connectivity index (χ1v) is 7.99. The summed E-state index contributed by atoms with van der Waals surface area (Å²) in [6.07, 6.45) is 0.554. The van der Waals surface area contributed by atoms with Crippen LogP contribution in [0.15, 0.2) is 18.2 Å². The SMILES string of the molecule is O=C(CS(=O)CC1CC1(Cl)Cl)Nc1cc(F)cc(F)c1. The highest BCUT2D eigenvalue weighted by Gasteiger charge is 2.52. The lowest BCUT2D eigenvalue weighted by Gasteiger charge is -2.06. The molecule has 0 aromatic heterocycles. The van der Waals surface area contributed by atoms with Crippen molar-refractivity contribution in [3.05, 3.63) is 29.8 Å². The summed E-state index contributed by atoms with van der Waals surface area (Å²) < 4.78 is 36.7. The van der Waals surface area contributed by atoms with E-state index in [0.717, 1.165) is 12.1 Å². The number of anilines is 1. The molecule has 1 saturated carbocycles. The van der Waals surface area contributed by atoms with E-state index < -0.39 is 32.7 Å². The molecule has 1 amide bonds. The van der Waals surface area contributed by atoms with Crippen molar-refractivity contribution in [2.75, 3.05) is 16.8 Å². The molecule has 1 aliphatic carbocycles. The maximum absolute atomic E-state index is 12.9. The Hall–Kier alpha value is -0.720. The zero-order valence-corrected chi connectivity index (χ0v) is 12.5. The van der Waals surface area contributed by atoms with Crippen molar-refractivity contribution in [2.45, 2.75) is 10.8 Å². The molecule has 3 nitrogen and oxygen atoms in total. The van der Waals surface area contributed by atoms with E-state index in [9.17, 15) is 17.8 Å². The zero-order valence-electron chi connectivity index (χ0n) is 10.2. The minimum atomic E-state index is -1.42. The van der Waals surface area contributed by atoms with Crippen molar-refractivity contribution in [2.24, 2.45) is 5.92 Å². The van der Waals surface area contributed by atoms with E-state index in [1.165, 1.54) is 0 Å². The Kier molecular flexibility index (Phi) is 4.66. The third-order valence-electron chi connectivity index (χ3n) is 2.78. The summed E-state index contributed by atoms with van der Waals surface area (Å²) in [5, 5.41) is 2.29. The first kappa shape index (κ1) is 15.7. The summed E-state index contributed by atoms with van der Waals surface area (Å²) in [6.45, 7) is 0. The molecule has 1 fully saturated rings. The van der Waals surface area contributed by atoms with Crippen molar-refractivity contribution in [3.8, 4) is 0 Å². The molecule has 8 heteroatoms. The number of hydrogen-bond acceptors (Lipinski definition) is 2. The zero-order chi connectivity index (χ0) is 14.9. The molecular weight excluding hydrogens is 331 g/mol. The highest BCUT2D eigenvalue weighted by Crippen LogP contribution is 2.53. The molecule has 1 aliphatic rings. The molecule has 110 valence electrons. The maximum atomic E-state index is 12.9. The summed E-state index contributed by atoms with van der Waals surface area (Å²) in [6, 6.07) is 2.65. The van der Waals surface area contributed by atoms with Gasteiger partial charge in [-0.15, -0.1) is 23.2 Å². The Labute approximate surface area is 127 Å². The fraction of sp³-hybridized carbons (Fsp3) is 0.417. The van der Waals surface area contributed by atoms with Gasteiger partial charge in [-0.3, -0.25) is 9.00 Å². The van der Waals surface area contributed by atoms with Gasteiger partial charge in [-0.25, -0.2) is 8.78 Å². The van der Waals surface area contributed by atoms with E-state index in [1.54, 1.807) is 0 Å². The molecule has 2 atom stereocenters. The Morgan fingerprint density at radius 2 is 1.90 bits per heavy atom. The van der Waals surface area contributed by atoms with Gasteiger partial charge in [0, 0.05) is 34.2 Å². The molecule has 1 N–H and O–H groups in total. The highest BCUT2D eigenvalue weighted by molar-refractivity contribution is 7.85.